The molecule has 1 saturated heterocycles. The highest BCUT2D eigenvalue weighted by atomic mass is 32.4. The molecule has 21 heavy (non-hydrogen) atoms. The van der Waals surface area contributed by atoms with Crippen molar-refractivity contribution in [1.29, 1.82) is 0 Å². The number of carbonyl (C=O) groups is 1. The summed E-state index contributed by atoms with van der Waals surface area (Å²) in [6.07, 6.45) is 7.21. The highest BCUT2D eigenvalue weighted by molar-refractivity contribution is 8.18. The van der Waals surface area contributed by atoms with Gasteiger partial charge in [-0.3, -0.25) is 4.79 Å². The number of esters is 1. The minimum Gasteiger partial charge on any atom is -0.446 e. The largest absolute Gasteiger partial charge is 0.446 e. The fraction of sp³-hybridized carbons (Fsp3) is 0.471. The molecule has 0 amide bonds. The van der Waals surface area contributed by atoms with Gasteiger partial charge in [0.1, 0.15) is 0 Å². The van der Waals surface area contributed by atoms with Gasteiger partial charge in [0.15, 0.2) is 5.60 Å². The van der Waals surface area contributed by atoms with Crippen LogP contribution >= 0.6 is 6.04 Å². The Balaban J connectivity index is 2.37. The van der Waals surface area contributed by atoms with Crippen molar-refractivity contribution in [2.24, 2.45) is 5.92 Å². The smallest absolute Gasteiger partial charge is 0.304 e. The van der Waals surface area contributed by atoms with Crippen molar-refractivity contribution >= 4 is 29.1 Å². The summed E-state index contributed by atoms with van der Waals surface area (Å²) in [5.41, 5.74) is -0.538. The second kappa shape index (κ2) is 5.95. The molecule has 0 saturated carbocycles. The quantitative estimate of drug-likeness (QED) is 0.476. The molecule has 0 radical (unpaired) electrons. The Morgan fingerprint density at radius 1 is 1.43 bits per heavy atom. The molecule has 2 rings (SSSR count). The van der Waals surface area contributed by atoms with E-state index in [1.54, 1.807) is 0 Å². The van der Waals surface area contributed by atoms with E-state index in [1.807, 2.05) is 18.2 Å². The van der Waals surface area contributed by atoms with Crippen LogP contribution in [0, 0.1) is 18.3 Å². The van der Waals surface area contributed by atoms with Crippen molar-refractivity contribution in [3.8, 4) is 12.3 Å². The third-order valence-corrected chi connectivity index (χ3v) is 10.4. The summed E-state index contributed by atoms with van der Waals surface area (Å²) >= 11 is 6.09. The van der Waals surface area contributed by atoms with Gasteiger partial charge in [0.25, 0.3) is 0 Å². The maximum absolute atomic E-state index is 11.4. The summed E-state index contributed by atoms with van der Waals surface area (Å²) in [6.45, 7) is 5.62. The fourth-order valence-corrected chi connectivity index (χ4v) is 7.88. The zero-order chi connectivity index (χ0) is 15.7. The standard InChI is InChI=1S/C17H21O2PS/c1-5-17(19-15(4)18)11-14(3)20(21,12-13(17)2)16-9-7-6-8-10-16/h1,6-10,13-14H,11-12H2,2-4H3/t13-,14+,17-,20+/m0/s1. The molecule has 1 aromatic carbocycles. The number of rotatable bonds is 2. The van der Waals surface area contributed by atoms with Crippen LogP contribution in [-0.4, -0.2) is 23.4 Å². The van der Waals surface area contributed by atoms with E-state index in [-0.39, 0.29) is 17.5 Å². The molecule has 1 fully saturated rings. The van der Waals surface area contributed by atoms with Crippen molar-refractivity contribution in [3.05, 3.63) is 30.3 Å². The van der Waals surface area contributed by atoms with Gasteiger partial charge in [-0.2, -0.15) is 0 Å². The van der Waals surface area contributed by atoms with Crippen molar-refractivity contribution in [3.63, 3.8) is 0 Å². The zero-order valence-corrected chi connectivity index (χ0v) is 14.4. The van der Waals surface area contributed by atoms with Gasteiger partial charge in [0.2, 0.25) is 0 Å². The summed E-state index contributed by atoms with van der Waals surface area (Å²) in [5, 5.41) is 1.26. The molecule has 0 unspecified atom stereocenters. The molecule has 0 aliphatic carbocycles. The molecule has 1 aromatic rings. The monoisotopic (exact) mass is 320 g/mol. The summed E-state index contributed by atoms with van der Waals surface area (Å²) in [5.74, 6) is 2.51. The second-order valence-corrected chi connectivity index (χ2v) is 11.2. The van der Waals surface area contributed by atoms with E-state index in [0.29, 0.717) is 6.42 Å². The SMILES string of the molecule is C#C[C@]1(OC(C)=O)C[C@@H](C)[P@@](=S)(c2ccccc2)C[C@@H]1C. The summed E-state index contributed by atoms with van der Waals surface area (Å²) in [7, 11) is 0. The minimum absolute atomic E-state index is 0.0774. The molecule has 2 nitrogen and oxygen atoms in total. The Morgan fingerprint density at radius 2 is 2.05 bits per heavy atom. The van der Waals surface area contributed by atoms with Crippen molar-refractivity contribution in [2.75, 3.05) is 6.16 Å². The third-order valence-electron chi connectivity index (χ3n) is 4.42. The summed E-state index contributed by atoms with van der Waals surface area (Å²) < 4.78 is 5.54. The first-order valence-corrected chi connectivity index (χ1v) is 10.2. The van der Waals surface area contributed by atoms with Crippen molar-refractivity contribution in [1.82, 2.24) is 0 Å². The lowest BCUT2D eigenvalue weighted by Gasteiger charge is -2.46. The van der Waals surface area contributed by atoms with Crippen molar-refractivity contribution < 1.29 is 9.53 Å². The van der Waals surface area contributed by atoms with Gasteiger partial charge in [0, 0.05) is 19.3 Å². The van der Waals surface area contributed by atoms with Crippen LogP contribution < -0.4 is 5.30 Å². The number of benzene rings is 1. The van der Waals surface area contributed by atoms with Crippen LogP contribution in [-0.2, 0) is 21.3 Å². The second-order valence-electron chi connectivity index (χ2n) is 5.90. The molecule has 4 atom stereocenters. The number of ether oxygens (including phenoxy) is 1. The fourth-order valence-electron chi connectivity index (χ4n) is 3.19. The first kappa shape index (κ1) is 16.3. The van der Waals surface area contributed by atoms with Gasteiger partial charge < -0.3 is 4.74 Å². The Bertz CT molecular complexity index is 619. The van der Waals surface area contributed by atoms with Gasteiger partial charge in [-0.05, 0) is 23.2 Å². The van der Waals surface area contributed by atoms with Gasteiger partial charge >= 0.3 is 5.97 Å². The molecular weight excluding hydrogens is 299 g/mol. The number of terminal acetylenes is 1. The Kier molecular flexibility index (Phi) is 4.61. The number of hydrogen-bond acceptors (Lipinski definition) is 3. The van der Waals surface area contributed by atoms with Crippen LogP contribution in [0.15, 0.2) is 30.3 Å². The molecule has 1 heterocycles. The van der Waals surface area contributed by atoms with Crippen LogP contribution in [0.25, 0.3) is 0 Å². The third kappa shape index (κ3) is 2.93. The number of carbonyl (C=O) groups excluding carboxylic acids is 1. The first-order chi connectivity index (χ1) is 9.84. The van der Waals surface area contributed by atoms with Crippen LogP contribution in [0.5, 0.6) is 0 Å². The first-order valence-electron chi connectivity index (χ1n) is 7.16. The zero-order valence-electron chi connectivity index (χ0n) is 12.7. The average molecular weight is 320 g/mol. The average Bonchev–Trinajstić information content (AvgIpc) is 2.45. The molecule has 0 bridgehead atoms. The van der Waals surface area contributed by atoms with E-state index in [1.165, 1.54) is 12.2 Å². The molecule has 4 heteroatoms. The highest BCUT2D eigenvalue weighted by Gasteiger charge is 2.49. The van der Waals surface area contributed by atoms with E-state index < -0.39 is 11.6 Å². The molecule has 0 aromatic heterocycles. The molecular formula is C17H21O2PS. The predicted octanol–water partition coefficient (Wildman–Crippen LogP) is 3.15. The van der Waals surface area contributed by atoms with Crippen LogP contribution in [0.4, 0.5) is 0 Å². The van der Waals surface area contributed by atoms with Gasteiger partial charge in [0.05, 0.1) is 0 Å². The molecule has 1 aliphatic rings. The van der Waals surface area contributed by atoms with Gasteiger partial charge in [-0.1, -0.05) is 61.9 Å². The molecule has 112 valence electrons. The van der Waals surface area contributed by atoms with Crippen LogP contribution in [0.3, 0.4) is 0 Å². The molecule has 0 spiro atoms. The lowest BCUT2D eigenvalue weighted by atomic mass is 9.85. The van der Waals surface area contributed by atoms with E-state index in [4.69, 9.17) is 23.0 Å². The normalized spacial score (nSPS) is 35.7. The number of hydrogen-bond donors (Lipinski definition) is 0. The highest BCUT2D eigenvalue weighted by Crippen LogP contribution is 2.59. The predicted molar refractivity (Wildman–Crippen MR) is 91.8 cm³/mol. The lowest BCUT2D eigenvalue weighted by molar-refractivity contribution is -0.155. The summed E-state index contributed by atoms with van der Waals surface area (Å²) in [4.78, 5) is 11.4. The molecule has 1 aliphatic heterocycles. The Morgan fingerprint density at radius 3 is 2.57 bits per heavy atom. The summed E-state index contributed by atoms with van der Waals surface area (Å²) in [6, 6.07) is 8.63. The maximum atomic E-state index is 11.4. The van der Waals surface area contributed by atoms with E-state index in [0.717, 1.165) is 6.16 Å². The molecule has 0 N–H and O–H groups in total. The Labute approximate surface area is 132 Å². The maximum Gasteiger partial charge on any atom is 0.304 e. The Hall–Kier alpha value is -1.10. The topological polar surface area (TPSA) is 26.3 Å². The minimum atomic E-state index is -1.70. The van der Waals surface area contributed by atoms with E-state index in [2.05, 4.69) is 31.9 Å². The van der Waals surface area contributed by atoms with E-state index >= 15 is 0 Å². The lowest BCUT2D eigenvalue weighted by Crippen LogP contribution is -2.48. The van der Waals surface area contributed by atoms with Crippen LogP contribution in [0.1, 0.15) is 27.2 Å². The van der Waals surface area contributed by atoms with E-state index in [9.17, 15) is 4.79 Å². The van der Waals surface area contributed by atoms with Crippen molar-refractivity contribution in [2.45, 2.75) is 38.5 Å². The van der Waals surface area contributed by atoms with Gasteiger partial charge in [-0.15, -0.1) is 6.42 Å². The van der Waals surface area contributed by atoms with Crippen LogP contribution in [0.2, 0.25) is 0 Å². The van der Waals surface area contributed by atoms with Gasteiger partial charge in [-0.25, -0.2) is 0 Å².